The van der Waals surface area contributed by atoms with E-state index < -0.39 is 0 Å². The Morgan fingerprint density at radius 2 is 1.79 bits per heavy atom. The summed E-state index contributed by atoms with van der Waals surface area (Å²) in [6.07, 6.45) is 11.7. The van der Waals surface area contributed by atoms with Crippen molar-refractivity contribution in [3.63, 3.8) is 0 Å². The Labute approximate surface area is 191 Å². The maximum atomic E-state index is 4.89. The number of guanidine groups is 1. The van der Waals surface area contributed by atoms with Gasteiger partial charge in [0.15, 0.2) is 11.8 Å². The highest BCUT2D eigenvalue weighted by molar-refractivity contribution is 14.0. The summed E-state index contributed by atoms with van der Waals surface area (Å²) < 4.78 is 2.02. The third kappa shape index (κ3) is 7.07. The molecule has 0 aromatic carbocycles. The monoisotopic (exact) mass is 520 g/mol. The normalized spacial score (nSPS) is 23.9. The highest BCUT2D eigenvalue weighted by Crippen LogP contribution is 2.28. The van der Waals surface area contributed by atoms with Crippen LogP contribution in [0.4, 0.5) is 0 Å². The first-order valence-corrected chi connectivity index (χ1v) is 11.7. The summed E-state index contributed by atoms with van der Waals surface area (Å²) in [6, 6.07) is 1.08. The van der Waals surface area contributed by atoms with E-state index in [1.807, 2.05) is 18.5 Å². The molecule has 2 saturated carbocycles. The fourth-order valence-corrected chi connectivity index (χ4v) is 5.34. The van der Waals surface area contributed by atoms with Crippen LogP contribution in [0.25, 0.3) is 0 Å². The molecule has 2 aliphatic carbocycles. The van der Waals surface area contributed by atoms with Gasteiger partial charge in [-0.05, 0) is 44.8 Å². The van der Waals surface area contributed by atoms with Crippen molar-refractivity contribution in [3.8, 4) is 0 Å². The van der Waals surface area contributed by atoms with Gasteiger partial charge < -0.3 is 15.2 Å². The first kappa shape index (κ1) is 23.8. The minimum atomic E-state index is 0. The van der Waals surface area contributed by atoms with Gasteiger partial charge in [-0.2, -0.15) is 11.8 Å². The van der Waals surface area contributed by atoms with Crippen LogP contribution in [0, 0.1) is 6.92 Å². The summed E-state index contributed by atoms with van der Waals surface area (Å²) in [4.78, 5) is 4.89. The highest BCUT2D eigenvalue weighted by Gasteiger charge is 2.24. The summed E-state index contributed by atoms with van der Waals surface area (Å²) >= 11 is 2.11. The van der Waals surface area contributed by atoms with Crippen LogP contribution in [-0.2, 0) is 13.6 Å². The van der Waals surface area contributed by atoms with E-state index in [9.17, 15) is 0 Å². The van der Waals surface area contributed by atoms with E-state index in [0.717, 1.165) is 22.9 Å². The van der Waals surface area contributed by atoms with Crippen molar-refractivity contribution >= 4 is 41.7 Å². The number of thioether (sulfide) groups is 1. The third-order valence-corrected chi connectivity index (χ3v) is 7.11. The second-order valence-electron chi connectivity index (χ2n) is 7.95. The van der Waals surface area contributed by atoms with Crippen LogP contribution in [-0.4, -0.2) is 43.8 Å². The van der Waals surface area contributed by atoms with Crippen LogP contribution in [0.1, 0.15) is 76.4 Å². The van der Waals surface area contributed by atoms with Gasteiger partial charge >= 0.3 is 0 Å². The number of aliphatic imine (C=N–C) groups is 1. The van der Waals surface area contributed by atoms with Gasteiger partial charge in [0.1, 0.15) is 12.4 Å². The lowest BCUT2D eigenvalue weighted by Crippen LogP contribution is -2.49. The van der Waals surface area contributed by atoms with Crippen molar-refractivity contribution < 1.29 is 0 Å². The molecule has 1 heterocycles. The highest BCUT2D eigenvalue weighted by atomic mass is 127. The topological polar surface area (TPSA) is 67.1 Å². The van der Waals surface area contributed by atoms with Crippen molar-refractivity contribution in [2.45, 2.75) is 95.5 Å². The van der Waals surface area contributed by atoms with E-state index in [-0.39, 0.29) is 24.0 Å². The lowest BCUT2D eigenvalue weighted by Gasteiger charge is -2.32. The zero-order valence-corrected chi connectivity index (χ0v) is 20.8. The summed E-state index contributed by atoms with van der Waals surface area (Å²) in [5.41, 5.74) is 0. The fourth-order valence-electron chi connectivity index (χ4n) is 4.17. The molecule has 1 aromatic heterocycles. The number of hydrogen-bond donors (Lipinski definition) is 2. The molecule has 3 rings (SSSR count). The number of aromatic nitrogens is 3. The number of hydrogen-bond acceptors (Lipinski definition) is 4. The van der Waals surface area contributed by atoms with Gasteiger partial charge in [-0.15, -0.1) is 34.2 Å². The van der Waals surface area contributed by atoms with Crippen LogP contribution >= 0.6 is 35.7 Å². The first-order chi connectivity index (χ1) is 13.2. The Morgan fingerprint density at radius 3 is 2.46 bits per heavy atom. The Morgan fingerprint density at radius 1 is 1.07 bits per heavy atom. The van der Waals surface area contributed by atoms with Gasteiger partial charge in [0, 0.05) is 24.4 Å². The minimum absolute atomic E-state index is 0. The molecule has 0 saturated heterocycles. The molecule has 2 aliphatic rings. The van der Waals surface area contributed by atoms with Gasteiger partial charge in [0.2, 0.25) is 0 Å². The van der Waals surface area contributed by atoms with Gasteiger partial charge in [-0.25, -0.2) is 4.99 Å². The predicted octanol–water partition coefficient (Wildman–Crippen LogP) is 4.17. The van der Waals surface area contributed by atoms with Crippen LogP contribution in [0.15, 0.2) is 4.99 Å². The maximum absolute atomic E-state index is 4.89. The van der Waals surface area contributed by atoms with E-state index in [1.165, 1.54) is 63.5 Å². The number of nitrogens with zero attached hydrogens (tertiary/aromatic N) is 4. The molecule has 160 valence electrons. The average molecular weight is 521 g/mol. The molecule has 1 aromatic rings. The van der Waals surface area contributed by atoms with Crippen LogP contribution in [0.5, 0.6) is 0 Å². The molecule has 2 fully saturated rings. The number of nitrogens with one attached hydrogen (secondary N) is 2. The zero-order chi connectivity index (χ0) is 19.1. The van der Waals surface area contributed by atoms with Gasteiger partial charge in [-0.1, -0.05) is 32.6 Å². The molecule has 0 spiro atoms. The molecular formula is C20H37IN6S. The number of halogens is 1. The molecule has 6 nitrogen and oxygen atoms in total. The molecular weight excluding hydrogens is 483 g/mol. The Kier molecular flexibility index (Phi) is 10.4. The second-order valence-corrected chi connectivity index (χ2v) is 9.53. The molecule has 2 unspecified atom stereocenters. The van der Waals surface area contributed by atoms with E-state index in [4.69, 9.17) is 4.99 Å². The van der Waals surface area contributed by atoms with E-state index in [1.54, 1.807) is 0 Å². The minimum Gasteiger partial charge on any atom is -0.354 e. The fraction of sp³-hybridized carbons (Fsp3) is 0.850. The molecule has 0 aliphatic heterocycles. The molecule has 2 atom stereocenters. The van der Waals surface area contributed by atoms with Crippen LogP contribution in [0.2, 0.25) is 0 Å². The molecule has 0 bridgehead atoms. The van der Waals surface area contributed by atoms with Gasteiger partial charge in [-0.3, -0.25) is 0 Å². The largest absolute Gasteiger partial charge is 0.354 e. The van der Waals surface area contributed by atoms with Crippen molar-refractivity contribution in [2.24, 2.45) is 12.0 Å². The summed E-state index contributed by atoms with van der Waals surface area (Å²) in [5.74, 6) is 4.03. The lowest BCUT2D eigenvalue weighted by atomic mass is 9.94. The second kappa shape index (κ2) is 12.2. The maximum Gasteiger partial charge on any atom is 0.192 e. The van der Waals surface area contributed by atoms with Crippen LogP contribution < -0.4 is 10.6 Å². The molecule has 0 amide bonds. The Hall–Kier alpha value is -0.510. The SMILES string of the molecule is CCSC1CCCC(NC(=NCc2nnc(C)n2C)NC2CCCCC2)C1.I. The summed E-state index contributed by atoms with van der Waals surface area (Å²) in [5, 5.41) is 16.7. The van der Waals surface area contributed by atoms with Crippen molar-refractivity contribution in [1.82, 2.24) is 25.4 Å². The lowest BCUT2D eigenvalue weighted by molar-refractivity contribution is 0.392. The molecule has 2 N–H and O–H groups in total. The standard InChI is InChI=1S/C20H36N6S.HI/c1-4-27-18-12-8-11-17(13-18)23-20(22-16-9-6-5-7-10-16)21-14-19-25-24-15(2)26(19)3;/h16-18H,4-14H2,1-3H3,(H2,21,22,23);1H. The van der Waals surface area contributed by atoms with E-state index in [0.29, 0.717) is 18.6 Å². The van der Waals surface area contributed by atoms with Gasteiger partial charge in [0.05, 0.1) is 0 Å². The quantitative estimate of drug-likeness (QED) is 0.335. The summed E-state index contributed by atoms with van der Waals surface area (Å²) in [7, 11) is 2.01. The predicted molar refractivity (Wildman–Crippen MR) is 130 cm³/mol. The summed E-state index contributed by atoms with van der Waals surface area (Å²) in [6.45, 7) is 4.81. The Bertz CT molecular complexity index is 612. The van der Waals surface area contributed by atoms with E-state index >= 15 is 0 Å². The molecule has 28 heavy (non-hydrogen) atoms. The number of aryl methyl sites for hydroxylation is 1. The van der Waals surface area contributed by atoms with E-state index in [2.05, 4.69) is 39.5 Å². The average Bonchev–Trinajstić information content (AvgIpc) is 2.99. The van der Waals surface area contributed by atoms with Crippen molar-refractivity contribution in [1.29, 1.82) is 0 Å². The smallest absolute Gasteiger partial charge is 0.192 e. The van der Waals surface area contributed by atoms with Crippen molar-refractivity contribution in [2.75, 3.05) is 5.75 Å². The van der Waals surface area contributed by atoms with Gasteiger partial charge in [0.25, 0.3) is 0 Å². The van der Waals surface area contributed by atoms with Crippen molar-refractivity contribution in [3.05, 3.63) is 11.6 Å². The zero-order valence-electron chi connectivity index (χ0n) is 17.6. The Balaban J connectivity index is 0.00000280. The van der Waals surface area contributed by atoms with Crippen LogP contribution in [0.3, 0.4) is 0 Å². The number of rotatable bonds is 6. The third-order valence-electron chi connectivity index (χ3n) is 5.88. The molecule has 8 heteroatoms. The molecule has 0 radical (unpaired) electrons. The first-order valence-electron chi connectivity index (χ1n) is 10.7.